The molecular weight excluding hydrogens is 328 g/mol. The molecule has 6 atom stereocenters. The lowest BCUT2D eigenvalue weighted by atomic mass is 9.61. The van der Waals surface area contributed by atoms with Gasteiger partial charge in [-0.25, -0.2) is 0 Å². The molecule has 1 unspecified atom stereocenters. The minimum atomic E-state index is 0.308. The first-order valence-electron chi connectivity index (χ1n) is 10.9. The molecule has 0 spiro atoms. The highest BCUT2D eigenvalue weighted by molar-refractivity contribution is 5.72. The summed E-state index contributed by atoms with van der Waals surface area (Å²) >= 11 is 0. The molecule has 0 saturated heterocycles. The van der Waals surface area contributed by atoms with E-state index in [-0.39, 0.29) is 0 Å². The van der Waals surface area contributed by atoms with Crippen molar-refractivity contribution in [3.63, 3.8) is 0 Å². The molecule has 0 aromatic carbocycles. The van der Waals surface area contributed by atoms with Crippen molar-refractivity contribution in [1.82, 2.24) is 0 Å². The van der Waals surface area contributed by atoms with Gasteiger partial charge in [-0.2, -0.15) is 0 Å². The highest BCUT2D eigenvalue weighted by atomic mass is 16.1. The van der Waals surface area contributed by atoms with Crippen LogP contribution in [0.3, 0.4) is 0 Å². The molecule has 146 valence electrons. The number of rotatable bonds is 2. The summed E-state index contributed by atoms with van der Waals surface area (Å²) in [5, 5.41) is 0. The van der Waals surface area contributed by atoms with Crippen molar-refractivity contribution in [2.24, 2.45) is 35.0 Å². The third-order valence-electron chi connectivity index (χ3n) is 7.84. The van der Waals surface area contributed by atoms with E-state index in [2.05, 4.69) is 58.3 Å². The molecule has 0 bridgehead atoms. The smallest absolute Gasteiger partial charge is 0.192 e. The normalized spacial score (nSPS) is 40.4. The van der Waals surface area contributed by atoms with Crippen molar-refractivity contribution in [2.75, 3.05) is 0 Å². The third kappa shape index (κ3) is 4.01. The van der Waals surface area contributed by atoms with Crippen molar-refractivity contribution in [1.29, 1.82) is 0 Å². The van der Waals surface area contributed by atoms with Gasteiger partial charge in [-0.15, -0.1) is 0 Å². The molecule has 3 aliphatic rings. The Morgan fingerprint density at radius 2 is 2.04 bits per heavy atom. The summed E-state index contributed by atoms with van der Waals surface area (Å²) in [6, 6.07) is 0. The molecule has 1 heteroatoms. The van der Waals surface area contributed by atoms with E-state index in [0.717, 1.165) is 12.2 Å². The van der Waals surface area contributed by atoms with Gasteiger partial charge in [-0.1, -0.05) is 57.9 Å². The van der Waals surface area contributed by atoms with Gasteiger partial charge >= 0.3 is 0 Å². The van der Waals surface area contributed by atoms with E-state index in [1.54, 1.807) is 5.57 Å². The summed E-state index contributed by atoms with van der Waals surface area (Å²) in [6.45, 7) is 13.8. The van der Waals surface area contributed by atoms with E-state index < -0.39 is 0 Å². The fourth-order valence-electron chi connectivity index (χ4n) is 6.40. The fraction of sp³-hybridized carbons (Fsp3) is 0.654. The standard InChI is InChI=1S/C26H36O/c1-18-16-20(3)21(4)23(17-18)11-10-22-9-6-14-26(5)24(12-13-25(22)26)19(2)8-7-15-27/h10-11,15,18-20,24-25H,4,6,9,12-14,16-17H2,1-3,5H3/b22-10+,23-11-/t18-,19?,20-,24+,25-,26+/m0/s1. The molecule has 27 heavy (non-hydrogen) atoms. The van der Waals surface area contributed by atoms with Gasteiger partial charge in [-0.05, 0) is 91.1 Å². The van der Waals surface area contributed by atoms with Gasteiger partial charge in [0.2, 0.25) is 0 Å². The predicted octanol–water partition coefficient (Wildman–Crippen LogP) is 6.52. The lowest BCUT2D eigenvalue weighted by Crippen LogP contribution is -2.35. The van der Waals surface area contributed by atoms with Gasteiger partial charge in [-0.3, -0.25) is 4.79 Å². The summed E-state index contributed by atoms with van der Waals surface area (Å²) in [6.07, 6.45) is 14.4. The number of aldehydes is 1. The van der Waals surface area contributed by atoms with E-state index >= 15 is 0 Å². The zero-order valence-electron chi connectivity index (χ0n) is 17.7. The average Bonchev–Trinajstić information content (AvgIpc) is 2.99. The molecule has 3 rings (SSSR count). The van der Waals surface area contributed by atoms with Crippen LogP contribution >= 0.6 is 0 Å². The van der Waals surface area contributed by atoms with Gasteiger partial charge in [0.25, 0.3) is 0 Å². The Morgan fingerprint density at radius 3 is 2.78 bits per heavy atom. The quantitative estimate of drug-likeness (QED) is 0.403. The van der Waals surface area contributed by atoms with Crippen LogP contribution in [0, 0.1) is 46.8 Å². The summed E-state index contributed by atoms with van der Waals surface area (Å²) in [5.41, 5.74) is 4.81. The summed E-state index contributed by atoms with van der Waals surface area (Å²) < 4.78 is 0. The maximum atomic E-state index is 10.7. The van der Waals surface area contributed by atoms with Crippen molar-refractivity contribution in [2.45, 2.75) is 72.6 Å². The molecule has 1 nitrogen and oxygen atoms in total. The second kappa shape index (κ2) is 8.22. The minimum absolute atomic E-state index is 0.308. The molecular formula is C26H36O. The van der Waals surface area contributed by atoms with Gasteiger partial charge in [0.1, 0.15) is 0 Å². The van der Waals surface area contributed by atoms with Crippen LogP contribution in [0.2, 0.25) is 0 Å². The van der Waals surface area contributed by atoms with E-state index in [1.165, 1.54) is 56.1 Å². The number of hydrogen-bond donors (Lipinski definition) is 0. The lowest BCUT2D eigenvalue weighted by Gasteiger charge is -2.43. The lowest BCUT2D eigenvalue weighted by molar-refractivity contribution is -0.103. The Labute approximate surface area is 166 Å². The van der Waals surface area contributed by atoms with Crippen molar-refractivity contribution in [3.05, 3.63) is 35.5 Å². The Balaban J connectivity index is 1.82. The van der Waals surface area contributed by atoms with E-state index in [1.807, 2.05) is 0 Å². The fourth-order valence-corrected chi connectivity index (χ4v) is 6.40. The largest absolute Gasteiger partial charge is 0.289 e. The molecule has 0 aromatic heterocycles. The molecule has 0 aliphatic heterocycles. The van der Waals surface area contributed by atoms with Crippen LogP contribution in [-0.2, 0) is 4.79 Å². The topological polar surface area (TPSA) is 17.1 Å². The van der Waals surface area contributed by atoms with E-state index in [9.17, 15) is 4.79 Å². The minimum Gasteiger partial charge on any atom is -0.289 e. The van der Waals surface area contributed by atoms with E-state index in [4.69, 9.17) is 0 Å². The van der Waals surface area contributed by atoms with Crippen LogP contribution in [0.15, 0.2) is 35.5 Å². The van der Waals surface area contributed by atoms with Crippen LogP contribution in [0.25, 0.3) is 0 Å². The molecule has 3 fully saturated rings. The highest BCUT2D eigenvalue weighted by Crippen LogP contribution is 2.59. The molecule has 0 amide bonds. The first kappa shape index (κ1) is 20.2. The molecule has 3 saturated carbocycles. The maximum Gasteiger partial charge on any atom is 0.192 e. The zero-order chi connectivity index (χ0) is 19.6. The summed E-state index contributed by atoms with van der Waals surface area (Å²) in [7, 11) is 0. The number of carbonyl (C=O) groups excluding carboxylic acids is 1. The van der Waals surface area contributed by atoms with Crippen molar-refractivity contribution in [3.8, 4) is 11.8 Å². The SMILES string of the molecule is C=C1/C(=C\C=C2/CCC[C@]3(C)[C@@H](C(C)C#CC=O)CC[C@@H]23)C[C@@H](C)C[C@@H]1C. The monoisotopic (exact) mass is 364 g/mol. The van der Waals surface area contributed by atoms with Crippen LogP contribution < -0.4 is 0 Å². The highest BCUT2D eigenvalue weighted by Gasteiger charge is 2.50. The summed E-state index contributed by atoms with van der Waals surface area (Å²) in [5.74, 6) is 8.83. The Morgan fingerprint density at radius 1 is 1.26 bits per heavy atom. The molecule has 0 aromatic rings. The molecule has 0 radical (unpaired) electrons. The second-order valence-electron chi connectivity index (χ2n) is 9.70. The van der Waals surface area contributed by atoms with Crippen LogP contribution in [-0.4, -0.2) is 6.29 Å². The Hall–Kier alpha value is -1.55. The van der Waals surface area contributed by atoms with Crippen molar-refractivity contribution >= 4 is 6.29 Å². The summed E-state index contributed by atoms with van der Waals surface area (Å²) in [4.78, 5) is 10.7. The second-order valence-corrected chi connectivity index (χ2v) is 9.70. The first-order chi connectivity index (χ1) is 12.9. The number of hydrogen-bond acceptors (Lipinski definition) is 1. The molecule has 3 aliphatic carbocycles. The predicted molar refractivity (Wildman–Crippen MR) is 114 cm³/mol. The number of carbonyl (C=O) groups is 1. The van der Waals surface area contributed by atoms with E-state index in [0.29, 0.717) is 29.1 Å². The van der Waals surface area contributed by atoms with Gasteiger partial charge in [0.05, 0.1) is 0 Å². The van der Waals surface area contributed by atoms with Crippen LogP contribution in [0.4, 0.5) is 0 Å². The average molecular weight is 365 g/mol. The Kier molecular flexibility index (Phi) is 6.15. The maximum absolute atomic E-state index is 10.7. The molecule has 0 heterocycles. The van der Waals surface area contributed by atoms with Gasteiger partial charge < -0.3 is 0 Å². The van der Waals surface area contributed by atoms with Crippen LogP contribution in [0.1, 0.15) is 72.6 Å². The zero-order valence-corrected chi connectivity index (χ0v) is 17.7. The Bertz CT molecular complexity index is 712. The third-order valence-corrected chi connectivity index (χ3v) is 7.84. The van der Waals surface area contributed by atoms with Gasteiger partial charge in [0.15, 0.2) is 6.29 Å². The molecule has 0 N–H and O–H groups in total. The van der Waals surface area contributed by atoms with Gasteiger partial charge in [0, 0.05) is 5.92 Å². The van der Waals surface area contributed by atoms with Crippen LogP contribution in [0.5, 0.6) is 0 Å². The number of allylic oxidation sites excluding steroid dienone is 5. The first-order valence-corrected chi connectivity index (χ1v) is 10.9. The number of fused-ring (bicyclic) bond motifs is 1. The van der Waals surface area contributed by atoms with Crippen molar-refractivity contribution < 1.29 is 4.79 Å².